The first-order chi connectivity index (χ1) is 8.34. The van der Waals surface area contributed by atoms with Crippen molar-refractivity contribution in [2.75, 3.05) is 6.61 Å². The van der Waals surface area contributed by atoms with Gasteiger partial charge in [-0.1, -0.05) is 42.5 Å². The van der Waals surface area contributed by atoms with Crippen molar-refractivity contribution in [3.63, 3.8) is 0 Å². The summed E-state index contributed by atoms with van der Waals surface area (Å²) < 4.78 is 18.0. The van der Waals surface area contributed by atoms with E-state index in [-0.39, 0.29) is 0 Å². The average Bonchev–Trinajstić information content (AvgIpc) is 2.36. The number of benzene rings is 1. The summed E-state index contributed by atoms with van der Waals surface area (Å²) in [5.41, 5.74) is 1.10. The van der Waals surface area contributed by atoms with E-state index in [1.807, 2.05) is 42.5 Å². The van der Waals surface area contributed by atoms with Crippen LogP contribution < -0.4 is 4.74 Å². The lowest BCUT2D eigenvalue weighted by molar-refractivity contribution is 0.342. The quantitative estimate of drug-likeness (QED) is 0.750. The largest absolute Gasteiger partial charge is 0.473 e. The Morgan fingerprint density at radius 3 is 2.65 bits per heavy atom. The molecule has 1 aromatic heterocycles. The molecule has 0 fully saturated rings. The minimum atomic E-state index is -0.533. The number of pyridine rings is 1. The molecule has 0 radical (unpaired) electrons. The van der Waals surface area contributed by atoms with E-state index in [0.29, 0.717) is 12.5 Å². The topological polar surface area (TPSA) is 22.1 Å². The van der Waals surface area contributed by atoms with E-state index in [1.54, 1.807) is 12.1 Å². The highest BCUT2D eigenvalue weighted by Gasteiger charge is 1.95. The molecule has 0 aliphatic heterocycles. The third kappa shape index (κ3) is 3.72. The fraction of sp³-hybridized carbons (Fsp3) is 0.0714. The van der Waals surface area contributed by atoms with Gasteiger partial charge in [0, 0.05) is 6.07 Å². The summed E-state index contributed by atoms with van der Waals surface area (Å²) in [4.78, 5) is 3.59. The lowest BCUT2D eigenvalue weighted by Gasteiger charge is -2.00. The van der Waals surface area contributed by atoms with E-state index < -0.39 is 5.95 Å². The van der Waals surface area contributed by atoms with Crippen LogP contribution in [0.2, 0.25) is 0 Å². The van der Waals surface area contributed by atoms with Crippen LogP contribution in [-0.4, -0.2) is 11.6 Å². The third-order valence-corrected chi connectivity index (χ3v) is 2.13. The van der Waals surface area contributed by atoms with Gasteiger partial charge in [0.1, 0.15) is 6.61 Å². The van der Waals surface area contributed by atoms with Gasteiger partial charge in [-0.15, -0.1) is 0 Å². The maximum absolute atomic E-state index is 12.7. The van der Waals surface area contributed by atoms with Gasteiger partial charge in [0.2, 0.25) is 11.8 Å². The molecule has 0 bridgehead atoms. The van der Waals surface area contributed by atoms with Crippen LogP contribution in [0.4, 0.5) is 4.39 Å². The van der Waals surface area contributed by atoms with Gasteiger partial charge in [-0.25, -0.2) is 0 Å². The monoisotopic (exact) mass is 229 g/mol. The normalized spacial score (nSPS) is 10.6. The minimum Gasteiger partial charge on any atom is -0.473 e. The van der Waals surface area contributed by atoms with Gasteiger partial charge in [0.25, 0.3) is 0 Å². The summed E-state index contributed by atoms with van der Waals surface area (Å²) in [5, 5.41) is 0. The van der Waals surface area contributed by atoms with Crippen molar-refractivity contribution >= 4 is 6.08 Å². The molecule has 0 aliphatic carbocycles. The summed E-state index contributed by atoms with van der Waals surface area (Å²) in [6.45, 7) is 0.366. The zero-order chi connectivity index (χ0) is 11.9. The van der Waals surface area contributed by atoms with Crippen molar-refractivity contribution in [1.29, 1.82) is 0 Å². The molecular formula is C14H12FNO. The first-order valence-corrected chi connectivity index (χ1v) is 5.31. The maximum atomic E-state index is 12.7. The Hall–Kier alpha value is -2.16. The molecule has 0 atom stereocenters. The predicted octanol–water partition coefficient (Wildman–Crippen LogP) is 3.31. The molecule has 1 heterocycles. The van der Waals surface area contributed by atoms with Gasteiger partial charge in [-0.05, 0) is 17.7 Å². The van der Waals surface area contributed by atoms with E-state index >= 15 is 0 Å². The third-order valence-electron chi connectivity index (χ3n) is 2.13. The Labute approximate surface area is 99.4 Å². The van der Waals surface area contributed by atoms with Gasteiger partial charge in [-0.3, -0.25) is 0 Å². The van der Waals surface area contributed by atoms with Crippen LogP contribution in [-0.2, 0) is 0 Å². The molecule has 0 N–H and O–H groups in total. The molecule has 2 rings (SSSR count). The number of aromatic nitrogens is 1. The number of halogens is 1. The van der Waals surface area contributed by atoms with Gasteiger partial charge in [0.05, 0.1) is 0 Å². The molecule has 1 aromatic carbocycles. The van der Waals surface area contributed by atoms with Gasteiger partial charge < -0.3 is 4.74 Å². The fourth-order valence-corrected chi connectivity index (χ4v) is 1.35. The number of hydrogen-bond donors (Lipinski definition) is 0. The van der Waals surface area contributed by atoms with Crippen molar-refractivity contribution in [2.45, 2.75) is 0 Å². The van der Waals surface area contributed by atoms with Crippen LogP contribution >= 0.6 is 0 Å². The second-order valence-corrected chi connectivity index (χ2v) is 3.42. The highest BCUT2D eigenvalue weighted by Crippen LogP contribution is 2.06. The number of hydrogen-bond acceptors (Lipinski definition) is 2. The molecule has 17 heavy (non-hydrogen) atoms. The molecule has 0 saturated heterocycles. The summed E-state index contributed by atoms with van der Waals surface area (Å²) >= 11 is 0. The van der Waals surface area contributed by atoms with Crippen LogP contribution in [0.15, 0.2) is 54.6 Å². The van der Waals surface area contributed by atoms with Gasteiger partial charge in [0.15, 0.2) is 0 Å². The molecule has 2 nitrogen and oxygen atoms in total. The van der Waals surface area contributed by atoms with Crippen molar-refractivity contribution in [3.8, 4) is 5.88 Å². The number of nitrogens with zero attached hydrogens (tertiary/aromatic N) is 1. The molecule has 2 aromatic rings. The summed E-state index contributed by atoms with van der Waals surface area (Å²) in [7, 11) is 0. The highest BCUT2D eigenvalue weighted by atomic mass is 19.1. The molecule has 0 unspecified atom stereocenters. The van der Waals surface area contributed by atoms with Crippen molar-refractivity contribution in [2.24, 2.45) is 0 Å². The summed E-state index contributed by atoms with van der Waals surface area (Å²) in [5.74, 6) is -0.239. The van der Waals surface area contributed by atoms with Crippen LogP contribution in [0.25, 0.3) is 6.08 Å². The molecule has 86 valence electrons. The maximum Gasteiger partial charge on any atom is 0.216 e. The Morgan fingerprint density at radius 2 is 1.88 bits per heavy atom. The molecule has 0 saturated carbocycles. The van der Waals surface area contributed by atoms with Crippen LogP contribution in [0.5, 0.6) is 5.88 Å². The molecular weight excluding hydrogens is 217 g/mol. The Balaban J connectivity index is 1.86. The Kier molecular flexibility index (Phi) is 3.86. The molecule has 0 amide bonds. The van der Waals surface area contributed by atoms with E-state index in [2.05, 4.69) is 4.98 Å². The van der Waals surface area contributed by atoms with E-state index in [9.17, 15) is 4.39 Å². The second-order valence-electron chi connectivity index (χ2n) is 3.42. The first kappa shape index (κ1) is 11.3. The second kappa shape index (κ2) is 5.80. The van der Waals surface area contributed by atoms with E-state index in [4.69, 9.17) is 4.74 Å². The Bertz CT molecular complexity index is 497. The predicted molar refractivity (Wildman–Crippen MR) is 65.2 cm³/mol. The van der Waals surface area contributed by atoms with E-state index in [0.717, 1.165) is 5.56 Å². The lowest BCUT2D eigenvalue weighted by atomic mass is 10.2. The fourth-order valence-electron chi connectivity index (χ4n) is 1.35. The van der Waals surface area contributed by atoms with Crippen LogP contribution in [0.1, 0.15) is 5.56 Å². The van der Waals surface area contributed by atoms with Crippen molar-refractivity contribution < 1.29 is 9.13 Å². The van der Waals surface area contributed by atoms with Crippen molar-refractivity contribution in [1.82, 2.24) is 4.98 Å². The minimum absolute atomic E-state index is 0.294. The molecule has 0 aliphatic rings. The van der Waals surface area contributed by atoms with E-state index in [1.165, 1.54) is 6.07 Å². The summed E-state index contributed by atoms with van der Waals surface area (Å²) in [6.07, 6.45) is 3.81. The summed E-state index contributed by atoms with van der Waals surface area (Å²) in [6, 6.07) is 14.4. The Morgan fingerprint density at radius 1 is 1.06 bits per heavy atom. The zero-order valence-electron chi connectivity index (χ0n) is 9.21. The molecule has 0 spiro atoms. The zero-order valence-corrected chi connectivity index (χ0v) is 9.21. The lowest BCUT2D eigenvalue weighted by Crippen LogP contribution is -1.96. The SMILES string of the molecule is Fc1cccc(OCC=Cc2ccccc2)n1. The number of rotatable bonds is 4. The highest BCUT2D eigenvalue weighted by molar-refractivity contribution is 5.48. The first-order valence-electron chi connectivity index (χ1n) is 5.31. The van der Waals surface area contributed by atoms with Gasteiger partial charge in [-0.2, -0.15) is 9.37 Å². The van der Waals surface area contributed by atoms with Gasteiger partial charge >= 0.3 is 0 Å². The van der Waals surface area contributed by atoms with Crippen LogP contribution in [0.3, 0.4) is 0 Å². The van der Waals surface area contributed by atoms with Crippen LogP contribution in [0, 0.1) is 5.95 Å². The smallest absolute Gasteiger partial charge is 0.216 e. The molecule has 3 heteroatoms. The number of ether oxygens (including phenoxy) is 1. The van der Waals surface area contributed by atoms with Crippen molar-refractivity contribution in [3.05, 3.63) is 66.1 Å². The average molecular weight is 229 g/mol. The standard InChI is InChI=1S/C14H12FNO/c15-13-9-4-10-14(16-13)17-11-5-8-12-6-2-1-3-7-12/h1-10H,11H2.